The predicted molar refractivity (Wildman–Crippen MR) is 76.5 cm³/mol. The first-order chi connectivity index (χ1) is 8.82. The molecule has 1 aliphatic heterocycles. The number of carboxylic acids is 1. The molecule has 0 fully saturated rings. The molecule has 1 heterocycles. The topological polar surface area (TPSA) is 62.0 Å². The van der Waals surface area contributed by atoms with E-state index >= 15 is 0 Å². The zero-order valence-corrected chi connectivity index (χ0v) is 11.8. The van der Waals surface area contributed by atoms with Gasteiger partial charge < -0.3 is 5.11 Å². The van der Waals surface area contributed by atoms with Gasteiger partial charge in [0.2, 0.25) is 0 Å². The molecule has 0 aliphatic carbocycles. The summed E-state index contributed by atoms with van der Waals surface area (Å²) in [6.07, 6.45) is -0.0741. The lowest BCUT2D eigenvalue weighted by Crippen LogP contribution is -2.31. The molecule has 0 saturated heterocycles. The maximum atomic E-state index is 10.9. The summed E-state index contributed by atoms with van der Waals surface area (Å²) in [5.41, 5.74) is 1.71. The average molecular weight is 279 g/mol. The van der Waals surface area contributed by atoms with Gasteiger partial charge in [0, 0.05) is 11.3 Å². The quantitative estimate of drug-likeness (QED) is 0.923. The number of hydrogen-bond acceptors (Lipinski definition) is 3. The average Bonchev–Trinajstić information content (AvgIpc) is 2.53. The number of hydrogen-bond donors (Lipinski definition) is 1. The minimum absolute atomic E-state index is 0.0741. The van der Waals surface area contributed by atoms with E-state index in [4.69, 9.17) is 16.7 Å². The molecule has 0 saturated carbocycles. The van der Waals surface area contributed by atoms with Gasteiger partial charge in [-0.25, -0.2) is 4.99 Å². The molecule has 2 rings (SSSR count). The molecule has 0 aromatic heterocycles. The van der Waals surface area contributed by atoms with Gasteiger partial charge in [0.1, 0.15) is 5.54 Å². The number of aliphatic carboxylic acids is 1. The van der Waals surface area contributed by atoms with E-state index in [2.05, 4.69) is 9.98 Å². The van der Waals surface area contributed by atoms with Gasteiger partial charge in [-0.3, -0.25) is 9.79 Å². The normalized spacial score (nSPS) is 22.1. The molecule has 1 unspecified atom stereocenters. The Kier molecular flexibility index (Phi) is 3.45. The molecule has 1 N–H and O–H groups in total. The lowest BCUT2D eigenvalue weighted by molar-refractivity contribution is -0.137. The third-order valence-electron chi connectivity index (χ3n) is 3.27. The number of aryl methyl sites for hydroxylation is 1. The first-order valence-electron chi connectivity index (χ1n) is 5.96. The number of halogens is 1. The highest BCUT2D eigenvalue weighted by atomic mass is 35.5. The van der Waals surface area contributed by atoms with E-state index in [1.165, 1.54) is 0 Å². The van der Waals surface area contributed by atoms with Crippen molar-refractivity contribution >= 4 is 29.1 Å². The van der Waals surface area contributed by atoms with Gasteiger partial charge in [0.15, 0.2) is 5.84 Å². The molecule has 0 spiro atoms. The SMILES string of the molecule is CC1=NC(c2ccc(C)cc2Cl)=NC1(C)CC(=O)O. The molecule has 0 radical (unpaired) electrons. The number of benzene rings is 1. The van der Waals surface area contributed by atoms with Crippen LogP contribution in [0.3, 0.4) is 0 Å². The number of aliphatic imine (C=N–C) groups is 2. The Morgan fingerprint density at radius 1 is 1.42 bits per heavy atom. The molecule has 100 valence electrons. The molecule has 0 bridgehead atoms. The summed E-state index contributed by atoms with van der Waals surface area (Å²) < 4.78 is 0. The third kappa shape index (κ3) is 2.68. The molecule has 1 atom stereocenters. The maximum absolute atomic E-state index is 10.9. The second-order valence-electron chi connectivity index (χ2n) is 4.96. The van der Waals surface area contributed by atoms with Gasteiger partial charge in [-0.2, -0.15) is 0 Å². The van der Waals surface area contributed by atoms with E-state index in [1.807, 2.05) is 25.1 Å². The standard InChI is InChI=1S/C14H15ClN2O2/c1-8-4-5-10(11(15)6-8)13-16-9(2)14(3,17-13)7-12(18)19/h4-6H,7H2,1-3H3,(H,18,19). The summed E-state index contributed by atoms with van der Waals surface area (Å²) in [6.45, 7) is 5.52. The van der Waals surface area contributed by atoms with E-state index in [0.29, 0.717) is 16.6 Å². The van der Waals surface area contributed by atoms with Crippen LogP contribution >= 0.6 is 11.6 Å². The van der Waals surface area contributed by atoms with Crippen LogP contribution in [0.4, 0.5) is 0 Å². The van der Waals surface area contributed by atoms with Crippen LogP contribution in [0.1, 0.15) is 31.4 Å². The second kappa shape index (κ2) is 4.78. The lowest BCUT2D eigenvalue weighted by atomic mass is 9.94. The summed E-state index contributed by atoms with van der Waals surface area (Å²) in [4.78, 5) is 19.7. The van der Waals surface area contributed by atoms with Crippen LogP contribution in [0.2, 0.25) is 5.02 Å². The minimum atomic E-state index is -0.892. The third-order valence-corrected chi connectivity index (χ3v) is 3.58. The molecular formula is C14H15ClN2O2. The molecule has 4 nitrogen and oxygen atoms in total. The fourth-order valence-electron chi connectivity index (χ4n) is 2.00. The van der Waals surface area contributed by atoms with Crippen LogP contribution in [-0.2, 0) is 4.79 Å². The van der Waals surface area contributed by atoms with Crippen LogP contribution < -0.4 is 0 Å². The highest BCUT2D eigenvalue weighted by Gasteiger charge is 2.35. The van der Waals surface area contributed by atoms with Gasteiger partial charge >= 0.3 is 5.97 Å². The van der Waals surface area contributed by atoms with Crippen molar-refractivity contribution in [3.8, 4) is 0 Å². The lowest BCUT2D eigenvalue weighted by Gasteiger charge is -2.18. The van der Waals surface area contributed by atoms with E-state index in [9.17, 15) is 4.79 Å². The maximum Gasteiger partial charge on any atom is 0.306 e. The van der Waals surface area contributed by atoms with Crippen molar-refractivity contribution in [1.82, 2.24) is 0 Å². The number of amidine groups is 1. The van der Waals surface area contributed by atoms with Crippen LogP contribution in [0.25, 0.3) is 0 Å². The largest absolute Gasteiger partial charge is 0.481 e. The zero-order valence-electron chi connectivity index (χ0n) is 11.1. The van der Waals surface area contributed by atoms with Crippen molar-refractivity contribution in [2.75, 3.05) is 0 Å². The van der Waals surface area contributed by atoms with Crippen LogP contribution in [0.5, 0.6) is 0 Å². The molecule has 1 aromatic rings. The molecular weight excluding hydrogens is 264 g/mol. The van der Waals surface area contributed by atoms with Crippen molar-refractivity contribution < 1.29 is 9.90 Å². The van der Waals surface area contributed by atoms with Gasteiger partial charge in [-0.1, -0.05) is 17.7 Å². The Balaban J connectivity index is 2.42. The van der Waals surface area contributed by atoms with Crippen molar-refractivity contribution in [2.24, 2.45) is 9.98 Å². The van der Waals surface area contributed by atoms with E-state index in [0.717, 1.165) is 11.1 Å². The van der Waals surface area contributed by atoms with E-state index in [-0.39, 0.29) is 6.42 Å². The first-order valence-corrected chi connectivity index (χ1v) is 6.33. The summed E-state index contributed by atoms with van der Waals surface area (Å²) in [5.74, 6) is -0.386. The van der Waals surface area contributed by atoms with Crippen molar-refractivity contribution in [2.45, 2.75) is 32.7 Å². The van der Waals surface area contributed by atoms with Crippen LogP contribution in [0.15, 0.2) is 28.2 Å². The summed E-state index contributed by atoms with van der Waals surface area (Å²) in [5, 5.41) is 9.53. The molecule has 1 aromatic carbocycles. The van der Waals surface area contributed by atoms with E-state index < -0.39 is 11.5 Å². The first kappa shape index (κ1) is 13.7. The van der Waals surface area contributed by atoms with Gasteiger partial charge in [-0.15, -0.1) is 0 Å². The Bertz CT molecular complexity index is 607. The van der Waals surface area contributed by atoms with Crippen LogP contribution in [0, 0.1) is 6.92 Å². The second-order valence-corrected chi connectivity index (χ2v) is 5.37. The summed E-state index contributed by atoms with van der Waals surface area (Å²) in [7, 11) is 0. The predicted octanol–water partition coefficient (Wildman–Crippen LogP) is 3.10. The smallest absolute Gasteiger partial charge is 0.306 e. The number of carbonyl (C=O) groups is 1. The van der Waals surface area contributed by atoms with E-state index in [1.54, 1.807) is 13.8 Å². The van der Waals surface area contributed by atoms with Gasteiger partial charge in [0.05, 0.1) is 11.4 Å². The number of rotatable bonds is 3. The number of nitrogens with zero attached hydrogens (tertiary/aromatic N) is 2. The van der Waals surface area contributed by atoms with Crippen LogP contribution in [-0.4, -0.2) is 28.2 Å². The summed E-state index contributed by atoms with van der Waals surface area (Å²) >= 11 is 6.19. The highest BCUT2D eigenvalue weighted by molar-refractivity contribution is 6.35. The Labute approximate surface area is 116 Å². The van der Waals surface area contributed by atoms with Gasteiger partial charge in [0.25, 0.3) is 0 Å². The fraction of sp³-hybridized carbons (Fsp3) is 0.357. The fourth-order valence-corrected chi connectivity index (χ4v) is 2.32. The minimum Gasteiger partial charge on any atom is -0.481 e. The molecule has 19 heavy (non-hydrogen) atoms. The molecule has 5 heteroatoms. The van der Waals surface area contributed by atoms with Gasteiger partial charge in [-0.05, 0) is 38.5 Å². The van der Waals surface area contributed by atoms with Crippen molar-refractivity contribution in [3.63, 3.8) is 0 Å². The molecule has 0 amide bonds. The highest BCUT2D eigenvalue weighted by Crippen LogP contribution is 2.28. The summed E-state index contributed by atoms with van der Waals surface area (Å²) in [6, 6.07) is 5.64. The Morgan fingerprint density at radius 3 is 2.68 bits per heavy atom. The van der Waals surface area contributed by atoms with Crippen molar-refractivity contribution in [3.05, 3.63) is 34.3 Å². The zero-order chi connectivity index (χ0) is 14.2. The van der Waals surface area contributed by atoms with Crippen molar-refractivity contribution in [1.29, 1.82) is 0 Å². The number of carboxylic acid groups (broad SMARTS) is 1. The monoisotopic (exact) mass is 278 g/mol. The molecule has 1 aliphatic rings. The Morgan fingerprint density at radius 2 is 2.11 bits per heavy atom. The Hall–Kier alpha value is -1.68.